The van der Waals surface area contributed by atoms with Crippen LogP contribution in [0.4, 0.5) is 5.69 Å². The molecule has 98 valence electrons. The molecule has 4 N–H and O–H groups in total. The van der Waals surface area contributed by atoms with Crippen molar-refractivity contribution in [3.63, 3.8) is 0 Å². The average molecular weight is 249 g/mol. The molecule has 1 amide bonds. The third kappa shape index (κ3) is 3.00. The maximum atomic E-state index is 11.2. The van der Waals surface area contributed by atoms with E-state index < -0.39 is 5.91 Å². The number of nitrogens with two attached hydrogens (primary N) is 2. The van der Waals surface area contributed by atoms with Gasteiger partial charge in [-0.25, -0.2) is 0 Å². The first-order valence-electron chi connectivity index (χ1n) is 6.16. The molecular weight excluding hydrogens is 230 g/mol. The summed E-state index contributed by atoms with van der Waals surface area (Å²) in [4.78, 5) is 13.5. The van der Waals surface area contributed by atoms with Gasteiger partial charge >= 0.3 is 0 Å². The lowest BCUT2D eigenvalue weighted by Crippen LogP contribution is -2.37. The number of morpholine rings is 1. The van der Waals surface area contributed by atoms with Gasteiger partial charge in [0.05, 0.1) is 18.8 Å². The lowest BCUT2D eigenvalue weighted by Gasteiger charge is -2.26. The Morgan fingerprint density at radius 2 is 2.06 bits per heavy atom. The maximum Gasteiger partial charge on any atom is 0.250 e. The number of para-hydroxylation sites is 1. The number of carbonyl (C=O) groups excluding carboxylic acids is 1. The summed E-state index contributed by atoms with van der Waals surface area (Å²) in [7, 11) is 0. The van der Waals surface area contributed by atoms with Crippen molar-refractivity contribution in [2.45, 2.75) is 6.42 Å². The molecule has 1 aliphatic rings. The normalized spacial score (nSPS) is 16.7. The Morgan fingerprint density at radius 1 is 1.33 bits per heavy atom. The Morgan fingerprint density at radius 3 is 2.72 bits per heavy atom. The molecule has 0 aliphatic carbocycles. The van der Waals surface area contributed by atoms with Crippen molar-refractivity contribution in [1.29, 1.82) is 0 Å². The van der Waals surface area contributed by atoms with Crippen LogP contribution in [-0.2, 0) is 11.2 Å². The van der Waals surface area contributed by atoms with Gasteiger partial charge in [0.1, 0.15) is 0 Å². The minimum atomic E-state index is -0.472. The highest BCUT2D eigenvalue weighted by Crippen LogP contribution is 2.18. The smallest absolute Gasteiger partial charge is 0.250 e. The summed E-state index contributed by atoms with van der Waals surface area (Å²) in [6, 6.07) is 5.43. The molecule has 1 saturated heterocycles. The summed E-state index contributed by atoms with van der Waals surface area (Å²) >= 11 is 0. The number of nitrogen functional groups attached to an aromatic ring is 1. The highest BCUT2D eigenvalue weighted by Gasteiger charge is 2.13. The van der Waals surface area contributed by atoms with E-state index in [0.29, 0.717) is 11.3 Å². The highest BCUT2D eigenvalue weighted by atomic mass is 16.5. The Hall–Kier alpha value is -1.59. The van der Waals surface area contributed by atoms with Crippen LogP contribution in [-0.4, -0.2) is 43.7 Å². The second-order valence-electron chi connectivity index (χ2n) is 4.45. The van der Waals surface area contributed by atoms with Gasteiger partial charge in [0.25, 0.3) is 5.91 Å². The standard InChI is InChI=1S/C13H19N3O2/c14-12-10(2-1-3-11(12)13(15)17)4-5-16-6-8-18-9-7-16/h1-3H,4-9,14H2,(H2,15,17). The number of nitrogens with zero attached hydrogens (tertiary/aromatic N) is 1. The highest BCUT2D eigenvalue weighted by molar-refractivity contribution is 5.98. The second-order valence-corrected chi connectivity index (χ2v) is 4.45. The number of hydrogen-bond acceptors (Lipinski definition) is 4. The van der Waals surface area contributed by atoms with Gasteiger partial charge in [0.2, 0.25) is 0 Å². The molecule has 0 spiro atoms. The molecule has 0 atom stereocenters. The summed E-state index contributed by atoms with van der Waals surface area (Å²) in [5.74, 6) is -0.472. The van der Waals surface area contributed by atoms with E-state index in [2.05, 4.69) is 4.90 Å². The first-order chi connectivity index (χ1) is 8.68. The van der Waals surface area contributed by atoms with Crippen molar-refractivity contribution in [2.75, 3.05) is 38.6 Å². The zero-order chi connectivity index (χ0) is 13.0. The van der Waals surface area contributed by atoms with Crippen LogP contribution >= 0.6 is 0 Å². The van der Waals surface area contributed by atoms with Gasteiger partial charge in [-0.3, -0.25) is 9.69 Å². The third-order valence-corrected chi connectivity index (χ3v) is 3.26. The van der Waals surface area contributed by atoms with Crippen molar-refractivity contribution in [1.82, 2.24) is 4.90 Å². The van der Waals surface area contributed by atoms with Crippen LogP contribution in [0.5, 0.6) is 0 Å². The van der Waals surface area contributed by atoms with Gasteiger partial charge in [0.15, 0.2) is 0 Å². The maximum absolute atomic E-state index is 11.2. The fourth-order valence-electron chi connectivity index (χ4n) is 2.15. The Balaban J connectivity index is 2.00. The van der Waals surface area contributed by atoms with Gasteiger partial charge < -0.3 is 16.2 Å². The first-order valence-corrected chi connectivity index (χ1v) is 6.16. The van der Waals surface area contributed by atoms with Crippen LogP contribution in [0.25, 0.3) is 0 Å². The van der Waals surface area contributed by atoms with Crippen LogP contribution in [0, 0.1) is 0 Å². The van der Waals surface area contributed by atoms with Crippen LogP contribution < -0.4 is 11.5 Å². The number of ether oxygens (including phenoxy) is 1. The molecule has 1 heterocycles. The Bertz CT molecular complexity index is 428. The molecule has 2 rings (SSSR count). The van der Waals surface area contributed by atoms with E-state index in [4.69, 9.17) is 16.2 Å². The monoisotopic (exact) mass is 249 g/mol. The number of hydrogen-bond donors (Lipinski definition) is 2. The van der Waals surface area contributed by atoms with E-state index in [0.717, 1.165) is 44.8 Å². The van der Waals surface area contributed by atoms with Gasteiger partial charge in [-0.05, 0) is 18.1 Å². The van der Waals surface area contributed by atoms with E-state index in [1.807, 2.05) is 12.1 Å². The number of benzene rings is 1. The summed E-state index contributed by atoms with van der Waals surface area (Å²) in [6.07, 6.45) is 0.826. The van der Waals surface area contributed by atoms with Crippen molar-refractivity contribution < 1.29 is 9.53 Å². The molecule has 0 unspecified atom stereocenters. The third-order valence-electron chi connectivity index (χ3n) is 3.26. The number of amides is 1. The molecule has 1 aliphatic heterocycles. The van der Waals surface area contributed by atoms with Crippen LogP contribution in [0.1, 0.15) is 15.9 Å². The van der Waals surface area contributed by atoms with Crippen molar-refractivity contribution in [3.05, 3.63) is 29.3 Å². The quantitative estimate of drug-likeness (QED) is 0.749. The van der Waals surface area contributed by atoms with Gasteiger partial charge in [-0.15, -0.1) is 0 Å². The van der Waals surface area contributed by atoms with E-state index in [1.165, 1.54) is 0 Å². The average Bonchev–Trinajstić information content (AvgIpc) is 2.38. The predicted molar refractivity (Wildman–Crippen MR) is 70.3 cm³/mol. The SMILES string of the molecule is NC(=O)c1cccc(CCN2CCOCC2)c1N. The zero-order valence-electron chi connectivity index (χ0n) is 10.4. The van der Waals surface area contributed by atoms with E-state index in [1.54, 1.807) is 6.07 Å². The molecular formula is C13H19N3O2. The topological polar surface area (TPSA) is 81.6 Å². The van der Waals surface area contributed by atoms with Crippen LogP contribution in [0.2, 0.25) is 0 Å². The van der Waals surface area contributed by atoms with Crippen molar-refractivity contribution in [3.8, 4) is 0 Å². The minimum absolute atomic E-state index is 0.412. The van der Waals surface area contributed by atoms with E-state index in [-0.39, 0.29) is 0 Å². The van der Waals surface area contributed by atoms with Gasteiger partial charge in [-0.1, -0.05) is 12.1 Å². The predicted octanol–water partition coefficient (Wildman–Crippen LogP) is 0.242. The summed E-state index contributed by atoms with van der Waals surface area (Å²) < 4.78 is 5.30. The van der Waals surface area contributed by atoms with E-state index in [9.17, 15) is 4.79 Å². The molecule has 18 heavy (non-hydrogen) atoms. The molecule has 5 nitrogen and oxygen atoms in total. The molecule has 1 aromatic rings. The lowest BCUT2D eigenvalue weighted by molar-refractivity contribution is 0.0384. The fourth-order valence-corrected chi connectivity index (χ4v) is 2.15. The molecule has 1 aromatic carbocycles. The molecule has 5 heteroatoms. The molecule has 0 saturated carbocycles. The Labute approximate surface area is 107 Å². The summed E-state index contributed by atoms with van der Waals surface area (Å²) in [6.45, 7) is 4.41. The van der Waals surface area contributed by atoms with Gasteiger partial charge in [-0.2, -0.15) is 0 Å². The number of carbonyl (C=O) groups is 1. The molecule has 0 bridgehead atoms. The molecule has 0 aromatic heterocycles. The Kier molecular flexibility index (Phi) is 4.17. The molecule has 0 radical (unpaired) electrons. The summed E-state index contributed by atoms with van der Waals surface area (Å²) in [5.41, 5.74) is 13.1. The van der Waals surface area contributed by atoms with E-state index >= 15 is 0 Å². The van der Waals surface area contributed by atoms with Crippen molar-refractivity contribution >= 4 is 11.6 Å². The van der Waals surface area contributed by atoms with Crippen LogP contribution in [0.15, 0.2) is 18.2 Å². The van der Waals surface area contributed by atoms with Gasteiger partial charge in [0, 0.05) is 25.3 Å². The van der Waals surface area contributed by atoms with Crippen LogP contribution in [0.3, 0.4) is 0 Å². The number of rotatable bonds is 4. The number of primary amides is 1. The minimum Gasteiger partial charge on any atom is -0.398 e. The first kappa shape index (κ1) is 12.9. The second kappa shape index (κ2) is 5.84. The largest absolute Gasteiger partial charge is 0.398 e. The lowest BCUT2D eigenvalue weighted by atomic mass is 10.0. The summed E-state index contributed by atoms with van der Waals surface area (Å²) in [5, 5.41) is 0. The number of anilines is 1. The van der Waals surface area contributed by atoms with Crippen molar-refractivity contribution in [2.24, 2.45) is 5.73 Å². The fraction of sp³-hybridized carbons (Fsp3) is 0.462. The zero-order valence-corrected chi connectivity index (χ0v) is 10.4. The molecule has 1 fully saturated rings.